The lowest BCUT2D eigenvalue weighted by Crippen LogP contribution is -2.64. The Bertz CT molecular complexity index is 1310. The van der Waals surface area contributed by atoms with Crippen molar-refractivity contribution in [3.8, 4) is 0 Å². The number of aliphatic imine (C=N–C) groups is 1. The number of hydrogen-bond donors (Lipinski definition) is 4. The topological polar surface area (TPSA) is 154 Å². The van der Waals surface area contributed by atoms with Gasteiger partial charge in [0.1, 0.15) is 11.5 Å². The number of hydrogen-bond acceptors (Lipinski definition) is 10. The van der Waals surface area contributed by atoms with E-state index in [0.717, 1.165) is 17.8 Å². The first kappa shape index (κ1) is 31.9. The molecule has 3 rings (SSSR count). The maximum atomic E-state index is 13.5. The van der Waals surface area contributed by atoms with Crippen molar-refractivity contribution in [1.29, 1.82) is 0 Å². The third-order valence-electron chi connectivity index (χ3n) is 5.17. The molecule has 1 atom stereocenters. The van der Waals surface area contributed by atoms with Crippen LogP contribution in [0, 0.1) is 5.82 Å². The first-order chi connectivity index (χ1) is 18.9. The number of amidine groups is 1. The quantitative estimate of drug-likeness (QED) is 0.0859. The van der Waals surface area contributed by atoms with Crippen LogP contribution in [0.15, 0.2) is 38.0 Å². The van der Waals surface area contributed by atoms with E-state index >= 15 is 0 Å². The molecule has 2 aromatic rings. The van der Waals surface area contributed by atoms with E-state index in [1.807, 2.05) is 0 Å². The summed E-state index contributed by atoms with van der Waals surface area (Å²) < 4.78 is 135. The van der Waals surface area contributed by atoms with Gasteiger partial charge >= 0.3 is 18.5 Å². The van der Waals surface area contributed by atoms with Crippen LogP contribution in [0.2, 0.25) is 0 Å². The van der Waals surface area contributed by atoms with Gasteiger partial charge in [-0.1, -0.05) is 16.9 Å². The van der Waals surface area contributed by atoms with E-state index in [4.69, 9.17) is 0 Å². The van der Waals surface area contributed by atoms with Crippen LogP contribution in [0.4, 0.5) is 49.6 Å². The molecule has 4 N–H and O–H groups in total. The summed E-state index contributed by atoms with van der Waals surface area (Å²) in [6, 6.07) is 1.71. The third kappa shape index (κ3) is 6.81. The van der Waals surface area contributed by atoms with E-state index in [0.29, 0.717) is 12.1 Å². The van der Waals surface area contributed by atoms with Crippen LogP contribution in [0.1, 0.15) is 17.7 Å². The molecule has 1 amide bonds. The zero-order valence-corrected chi connectivity index (χ0v) is 20.3. The zero-order chi connectivity index (χ0) is 30.8. The van der Waals surface area contributed by atoms with E-state index < -0.39 is 71.2 Å². The fourth-order valence-corrected chi connectivity index (χ4v) is 3.91. The fourth-order valence-electron chi connectivity index (χ4n) is 3.16. The number of carbonyl (C=O) groups is 1. The van der Waals surface area contributed by atoms with Gasteiger partial charge in [-0.3, -0.25) is 15.5 Å². The number of aliphatic hydroxyl groups is 1. The van der Waals surface area contributed by atoms with Crippen molar-refractivity contribution in [3.63, 3.8) is 0 Å². The van der Waals surface area contributed by atoms with Gasteiger partial charge < -0.3 is 15.3 Å². The van der Waals surface area contributed by atoms with Crippen molar-refractivity contribution in [3.05, 3.63) is 35.3 Å². The van der Waals surface area contributed by atoms with Crippen LogP contribution in [-0.2, 0) is 15.8 Å². The summed E-state index contributed by atoms with van der Waals surface area (Å²) >= 11 is 0.751. The molecule has 0 aliphatic carbocycles. The molecule has 0 saturated carbocycles. The first-order valence-electron chi connectivity index (χ1n) is 10.6. The Kier molecular flexibility index (Phi) is 9.08. The van der Waals surface area contributed by atoms with E-state index in [9.17, 15) is 59.0 Å². The van der Waals surface area contributed by atoms with Crippen LogP contribution in [0.3, 0.4) is 0 Å². The molecule has 1 aliphatic rings. The number of hydroxylamine groups is 1. The van der Waals surface area contributed by atoms with Crippen molar-refractivity contribution in [2.24, 2.45) is 10.1 Å². The van der Waals surface area contributed by atoms with Crippen LogP contribution in [-0.4, -0.2) is 74.4 Å². The number of rotatable bonds is 8. The lowest BCUT2D eigenvalue weighted by atomic mass is 9.91. The number of nitrogens with one attached hydrogen (secondary N) is 2. The van der Waals surface area contributed by atoms with Gasteiger partial charge in [0.25, 0.3) is 11.5 Å². The highest BCUT2D eigenvalue weighted by Gasteiger charge is 2.76. The van der Waals surface area contributed by atoms with Gasteiger partial charge in [-0.05, 0) is 28.5 Å². The Morgan fingerprint density at radius 2 is 1.76 bits per heavy atom. The molecule has 0 spiro atoms. The molecule has 0 radical (unpaired) electrons. The minimum absolute atomic E-state index is 0.118. The number of benzene rings is 1. The number of aromatic nitrogens is 2. The van der Waals surface area contributed by atoms with Crippen molar-refractivity contribution < 1.29 is 68.5 Å². The Morgan fingerprint density at radius 1 is 1.10 bits per heavy atom. The van der Waals surface area contributed by atoms with Crippen molar-refractivity contribution >= 4 is 34.9 Å². The molecule has 2 heterocycles. The molecule has 41 heavy (non-hydrogen) atoms. The number of thioether (sulfide) groups is 1. The standard InChI is InChI=1S/C19H14F10N6O5S/c20-9-2-1-7(5-8(9)17(21,22)23)31-13(32-38)12-15(35-40-34-12)41-4-3-30-14(36)10-6-11(39-33-10)16(37,18(24,25)26)19(27,28)29/h1-2,5,11,37-38H,3-4,6H2,(H,30,36)(H,31,32). The second-order valence-electron chi connectivity index (χ2n) is 7.85. The molecule has 1 unspecified atom stereocenters. The van der Waals surface area contributed by atoms with Crippen LogP contribution in [0.25, 0.3) is 0 Å². The second kappa shape index (κ2) is 11.7. The number of nitrogens with zero attached hydrogens (tertiary/aromatic N) is 4. The normalized spacial score (nSPS) is 16.8. The van der Waals surface area contributed by atoms with Gasteiger partial charge in [-0.2, -0.15) is 39.5 Å². The minimum Gasteiger partial charge on any atom is -0.388 e. The second-order valence-corrected chi connectivity index (χ2v) is 8.94. The molecule has 1 aliphatic heterocycles. The van der Waals surface area contributed by atoms with Crippen LogP contribution >= 0.6 is 11.8 Å². The Morgan fingerprint density at radius 3 is 2.34 bits per heavy atom. The minimum atomic E-state index is -6.19. The molecule has 0 saturated heterocycles. The van der Waals surface area contributed by atoms with Gasteiger partial charge in [0.2, 0.25) is 0 Å². The molecule has 226 valence electrons. The molecule has 1 aromatic carbocycles. The SMILES string of the molecule is O=C(NCCSc1nonc1C(=Nc1ccc(F)c(C(F)(F)F)c1)NO)C1=NOC(C(O)(C(F)(F)F)C(F)(F)F)C1. The molecule has 22 heteroatoms. The highest BCUT2D eigenvalue weighted by Crippen LogP contribution is 2.48. The average Bonchev–Trinajstić information content (AvgIpc) is 3.54. The molecule has 1 aromatic heterocycles. The predicted molar refractivity (Wildman–Crippen MR) is 115 cm³/mol. The summed E-state index contributed by atoms with van der Waals surface area (Å²) in [5, 5.41) is 30.5. The van der Waals surface area contributed by atoms with Gasteiger partial charge in [0, 0.05) is 18.7 Å². The number of amides is 1. The van der Waals surface area contributed by atoms with Crippen molar-refractivity contribution in [1.82, 2.24) is 21.1 Å². The van der Waals surface area contributed by atoms with Crippen molar-refractivity contribution in [2.75, 3.05) is 12.3 Å². The average molecular weight is 628 g/mol. The smallest absolute Gasteiger partial charge is 0.388 e. The molecule has 0 bridgehead atoms. The van der Waals surface area contributed by atoms with E-state index in [-0.39, 0.29) is 23.0 Å². The monoisotopic (exact) mass is 628 g/mol. The highest BCUT2D eigenvalue weighted by molar-refractivity contribution is 7.99. The first-order valence-corrected chi connectivity index (χ1v) is 11.6. The van der Waals surface area contributed by atoms with Gasteiger partial charge in [-0.25, -0.2) is 14.0 Å². The van der Waals surface area contributed by atoms with E-state index in [1.165, 1.54) is 0 Å². The predicted octanol–water partition coefficient (Wildman–Crippen LogP) is 3.49. The maximum Gasteiger partial charge on any atom is 0.430 e. The third-order valence-corrected chi connectivity index (χ3v) is 6.12. The molecular weight excluding hydrogens is 614 g/mol. The summed E-state index contributed by atoms with van der Waals surface area (Å²) in [6.45, 7) is -0.311. The molecular formula is C19H14F10N6O5S. The molecule has 0 fully saturated rings. The van der Waals surface area contributed by atoms with Gasteiger partial charge in [-0.15, -0.1) is 0 Å². The van der Waals surface area contributed by atoms with Gasteiger partial charge in [0.05, 0.1) is 11.3 Å². The summed E-state index contributed by atoms with van der Waals surface area (Å²) in [7, 11) is 0. The van der Waals surface area contributed by atoms with Crippen LogP contribution < -0.4 is 10.8 Å². The summed E-state index contributed by atoms with van der Waals surface area (Å²) in [5.41, 5.74) is -7.02. The summed E-state index contributed by atoms with van der Waals surface area (Å²) in [5.74, 6) is -3.48. The number of halogens is 10. The number of oxime groups is 1. The highest BCUT2D eigenvalue weighted by atomic mass is 32.2. The largest absolute Gasteiger partial charge is 0.430 e. The van der Waals surface area contributed by atoms with E-state index in [2.05, 4.69) is 35.2 Å². The molecule has 11 nitrogen and oxygen atoms in total. The zero-order valence-electron chi connectivity index (χ0n) is 19.5. The van der Waals surface area contributed by atoms with Crippen molar-refractivity contribution in [2.45, 2.75) is 41.7 Å². The Hall–Kier alpha value is -3.66. The Balaban J connectivity index is 1.61. The summed E-state index contributed by atoms with van der Waals surface area (Å²) in [6.07, 6.45) is -21.7. The van der Waals surface area contributed by atoms with E-state index in [1.54, 1.807) is 5.48 Å². The lowest BCUT2D eigenvalue weighted by molar-refractivity contribution is -0.392. The summed E-state index contributed by atoms with van der Waals surface area (Å²) in [4.78, 5) is 19.9. The fraction of sp³-hybridized carbons (Fsp3) is 0.421. The number of alkyl halides is 9. The lowest BCUT2D eigenvalue weighted by Gasteiger charge is -2.35. The maximum absolute atomic E-state index is 13.5. The number of carbonyl (C=O) groups excluding carboxylic acids is 1. The Labute approximate surface area is 224 Å². The van der Waals surface area contributed by atoms with Crippen LogP contribution in [0.5, 0.6) is 0 Å². The van der Waals surface area contributed by atoms with Gasteiger partial charge in [0.15, 0.2) is 22.7 Å².